The van der Waals surface area contributed by atoms with Crippen LogP contribution < -0.4 is 0 Å². The number of benzene rings is 10. The molecular weight excluding hydrogens is 889 g/mol. The van der Waals surface area contributed by atoms with E-state index in [1.54, 1.807) is 0 Å². The maximum absolute atomic E-state index is 6.78. The molecule has 0 fully saturated rings. The Morgan fingerprint density at radius 3 is 1.45 bits per heavy atom. The highest BCUT2D eigenvalue weighted by Crippen LogP contribution is 2.45. The summed E-state index contributed by atoms with van der Waals surface area (Å²) in [6.45, 7) is 8.88. The highest BCUT2D eigenvalue weighted by atomic mass is 16.3. The van der Waals surface area contributed by atoms with Crippen LogP contribution in [0.3, 0.4) is 0 Å². The van der Waals surface area contributed by atoms with Gasteiger partial charge in [-0.05, 0) is 149 Å². The Labute approximate surface area is 424 Å². The molecular formula is C70H50O3. The monoisotopic (exact) mass is 938 g/mol. The standard InChI is InChI=1S/C70H50O3/c1-41-13-11-15-49(29-41)60-38-52(40-64-58-19-7-9-21-66(58)72-69(60)64)48-27-28-55(44(4)34-48)53-30-42(2)31-54(36-53)61-37-51(39-63-57-18-6-10-22-67(57)73-70(61)63)46-25-23-45(24-26-46)47-14-12-16-50(35-47)59-32-43(3)33-62-56-17-5-8-20-65(56)71-68(59)62/h5-40,44,55H,1-4H3. The molecule has 2 unspecified atom stereocenters. The van der Waals surface area contributed by atoms with Gasteiger partial charge in [0.15, 0.2) is 0 Å². The summed E-state index contributed by atoms with van der Waals surface area (Å²) in [5.41, 5.74) is 24.2. The third kappa shape index (κ3) is 7.34. The molecule has 0 saturated heterocycles. The van der Waals surface area contributed by atoms with E-state index in [4.69, 9.17) is 13.3 Å². The molecule has 3 heterocycles. The van der Waals surface area contributed by atoms with Crippen molar-refractivity contribution in [2.75, 3.05) is 0 Å². The van der Waals surface area contributed by atoms with Crippen LogP contribution in [0.4, 0.5) is 0 Å². The van der Waals surface area contributed by atoms with Crippen LogP contribution in [0, 0.1) is 26.7 Å². The summed E-state index contributed by atoms with van der Waals surface area (Å²) in [6.07, 6.45) is 7.19. The summed E-state index contributed by atoms with van der Waals surface area (Å²) in [7, 11) is 0. The summed E-state index contributed by atoms with van der Waals surface area (Å²) in [6, 6.07) is 72.5. The molecule has 1 aliphatic rings. The van der Waals surface area contributed by atoms with Crippen LogP contribution in [0.5, 0.6) is 0 Å². The number of aryl methyl sites for hydroxylation is 3. The minimum absolute atomic E-state index is 0.188. The van der Waals surface area contributed by atoms with Gasteiger partial charge in [0.25, 0.3) is 0 Å². The lowest BCUT2D eigenvalue weighted by Gasteiger charge is -2.25. The predicted octanol–water partition coefficient (Wildman–Crippen LogP) is 20.0. The zero-order valence-corrected chi connectivity index (χ0v) is 41.2. The van der Waals surface area contributed by atoms with Gasteiger partial charge in [-0.15, -0.1) is 0 Å². The van der Waals surface area contributed by atoms with Crippen molar-refractivity contribution in [1.29, 1.82) is 0 Å². The molecule has 0 amide bonds. The zero-order chi connectivity index (χ0) is 48.9. The van der Waals surface area contributed by atoms with Crippen LogP contribution in [0.15, 0.2) is 232 Å². The lowest BCUT2D eigenvalue weighted by molar-refractivity contribution is 0.637. The van der Waals surface area contributed by atoms with Gasteiger partial charge < -0.3 is 13.3 Å². The molecule has 0 N–H and O–H groups in total. The first-order valence-electron chi connectivity index (χ1n) is 25.4. The van der Waals surface area contributed by atoms with Gasteiger partial charge in [-0.1, -0.05) is 176 Å². The molecule has 3 heteroatoms. The summed E-state index contributed by atoms with van der Waals surface area (Å²) in [5, 5.41) is 6.80. The van der Waals surface area contributed by atoms with E-state index in [0.717, 1.165) is 121 Å². The Kier molecular flexibility index (Phi) is 9.91. The van der Waals surface area contributed by atoms with Gasteiger partial charge in [-0.3, -0.25) is 0 Å². The van der Waals surface area contributed by atoms with Crippen molar-refractivity contribution in [3.63, 3.8) is 0 Å². The van der Waals surface area contributed by atoms with Gasteiger partial charge in [0, 0.05) is 54.9 Å². The third-order valence-electron chi connectivity index (χ3n) is 15.3. The molecule has 0 bridgehead atoms. The molecule has 1 aliphatic carbocycles. The van der Waals surface area contributed by atoms with E-state index in [1.807, 2.05) is 12.1 Å². The van der Waals surface area contributed by atoms with Crippen molar-refractivity contribution in [1.82, 2.24) is 0 Å². The molecule has 0 saturated carbocycles. The van der Waals surface area contributed by atoms with Crippen molar-refractivity contribution in [3.05, 3.63) is 246 Å². The molecule has 73 heavy (non-hydrogen) atoms. The fraction of sp³-hybridized carbons (Fsp3) is 0.0857. The molecule has 0 aliphatic heterocycles. The number of allylic oxidation sites excluding steroid dienone is 4. The SMILES string of the molecule is Cc1cccc(-c2cc(C3=CC(C)C(c4cc(C)cc(-c5cc(-c6ccc(-c7cccc(-c8cc(C)cc9c8oc8ccccc89)c7)cc6)cc6c5oc5ccccc56)c4)C=C3)cc3c2oc2ccccc23)c1. The first-order chi connectivity index (χ1) is 35.8. The van der Waals surface area contributed by atoms with E-state index in [-0.39, 0.29) is 11.8 Å². The Morgan fingerprint density at radius 2 is 0.822 bits per heavy atom. The second-order valence-corrected chi connectivity index (χ2v) is 20.3. The Balaban J connectivity index is 0.815. The molecule has 0 radical (unpaired) electrons. The van der Waals surface area contributed by atoms with Crippen molar-refractivity contribution in [2.24, 2.45) is 5.92 Å². The number of hydrogen-bond acceptors (Lipinski definition) is 3. The second-order valence-electron chi connectivity index (χ2n) is 20.3. The number of para-hydroxylation sites is 3. The van der Waals surface area contributed by atoms with Crippen molar-refractivity contribution in [3.8, 4) is 55.6 Å². The van der Waals surface area contributed by atoms with E-state index in [1.165, 1.54) is 33.4 Å². The minimum Gasteiger partial charge on any atom is -0.455 e. The number of fused-ring (bicyclic) bond motifs is 9. The number of rotatable bonds is 7. The van der Waals surface area contributed by atoms with Gasteiger partial charge >= 0.3 is 0 Å². The van der Waals surface area contributed by atoms with Gasteiger partial charge in [-0.25, -0.2) is 0 Å². The maximum Gasteiger partial charge on any atom is 0.143 e. The molecule has 3 aromatic heterocycles. The van der Waals surface area contributed by atoms with Gasteiger partial charge in [0.2, 0.25) is 0 Å². The molecule has 0 spiro atoms. The van der Waals surface area contributed by atoms with Crippen molar-refractivity contribution >= 4 is 71.4 Å². The first-order valence-corrected chi connectivity index (χ1v) is 25.4. The van der Waals surface area contributed by atoms with E-state index >= 15 is 0 Å². The molecule has 348 valence electrons. The van der Waals surface area contributed by atoms with Crippen LogP contribution in [0.2, 0.25) is 0 Å². The molecule has 3 nitrogen and oxygen atoms in total. The lowest BCUT2D eigenvalue weighted by Crippen LogP contribution is -2.09. The normalized spacial score (nSPS) is 14.9. The molecule has 14 rings (SSSR count). The highest BCUT2D eigenvalue weighted by molar-refractivity contribution is 6.13. The predicted molar refractivity (Wildman–Crippen MR) is 305 cm³/mol. The van der Waals surface area contributed by atoms with Crippen LogP contribution in [-0.4, -0.2) is 0 Å². The maximum atomic E-state index is 6.78. The Morgan fingerprint density at radius 1 is 0.329 bits per heavy atom. The average molecular weight is 939 g/mol. The van der Waals surface area contributed by atoms with Crippen LogP contribution in [0.25, 0.3) is 127 Å². The van der Waals surface area contributed by atoms with E-state index < -0.39 is 0 Å². The fourth-order valence-corrected chi connectivity index (χ4v) is 11.7. The van der Waals surface area contributed by atoms with Gasteiger partial charge in [-0.2, -0.15) is 0 Å². The smallest absolute Gasteiger partial charge is 0.143 e. The lowest BCUT2D eigenvalue weighted by atomic mass is 9.79. The summed E-state index contributed by atoms with van der Waals surface area (Å²) in [4.78, 5) is 0. The van der Waals surface area contributed by atoms with Crippen LogP contribution >= 0.6 is 0 Å². The van der Waals surface area contributed by atoms with Gasteiger partial charge in [0.1, 0.15) is 33.5 Å². The molecule has 2 atom stereocenters. The van der Waals surface area contributed by atoms with E-state index in [2.05, 4.69) is 234 Å². The summed E-state index contributed by atoms with van der Waals surface area (Å²) < 4.78 is 19.8. The quantitative estimate of drug-likeness (QED) is 0.160. The average Bonchev–Trinajstić information content (AvgIpc) is 4.11. The molecule has 13 aromatic rings. The first kappa shape index (κ1) is 42.9. The fourth-order valence-electron chi connectivity index (χ4n) is 11.7. The van der Waals surface area contributed by atoms with Crippen molar-refractivity contribution < 1.29 is 13.3 Å². The number of furan rings is 3. The molecule has 10 aromatic carbocycles. The van der Waals surface area contributed by atoms with Gasteiger partial charge in [0.05, 0.1) is 0 Å². The van der Waals surface area contributed by atoms with Crippen molar-refractivity contribution in [2.45, 2.75) is 33.6 Å². The topological polar surface area (TPSA) is 39.4 Å². The summed E-state index contributed by atoms with van der Waals surface area (Å²) >= 11 is 0. The zero-order valence-electron chi connectivity index (χ0n) is 41.2. The third-order valence-corrected chi connectivity index (χ3v) is 15.3. The minimum atomic E-state index is 0.188. The van der Waals surface area contributed by atoms with Crippen LogP contribution in [-0.2, 0) is 0 Å². The summed E-state index contributed by atoms with van der Waals surface area (Å²) in [5.74, 6) is 0.432. The highest BCUT2D eigenvalue weighted by Gasteiger charge is 2.24. The van der Waals surface area contributed by atoms with E-state index in [0.29, 0.717) is 0 Å². The van der Waals surface area contributed by atoms with Crippen LogP contribution in [0.1, 0.15) is 40.7 Å². The Bertz CT molecular complexity index is 4430. The Hall–Kier alpha value is -8.92. The second kappa shape index (κ2) is 16.9. The number of hydrogen-bond donors (Lipinski definition) is 0. The van der Waals surface area contributed by atoms with E-state index in [9.17, 15) is 0 Å². The largest absolute Gasteiger partial charge is 0.455 e.